The fourth-order valence-electron chi connectivity index (χ4n) is 3.22. The van der Waals surface area contributed by atoms with E-state index >= 15 is 0 Å². The van der Waals surface area contributed by atoms with Gasteiger partial charge in [0, 0.05) is 7.05 Å². The van der Waals surface area contributed by atoms with E-state index in [0.29, 0.717) is 16.9 Å². The maximum absolute atomic E-state index is 12.9. The lowest BCUT2D eigenvalue weighted by Gasteiger charge is -2.12. The SMILES string of the molecule is Cn1c(C(C#N)C(=O)Cn2c(=O)cnc3ccccc32)nc2ccccc21. The van der Waals surface area contributed by atoms with Gasteiger partial charge in [-0.1, -0.05) is 24.3 Å². The number of fused-ring (bicyclic) bond motifs is 2. The van der Waals surface area contributed by atoms with Gasteiger partial charge in [-0.15, -0.1) is 0 Å². The number of hydrogen-bond donors (Lipinski definition) is 0. The molecule has 7 nitrogen and oxygen atoms in total. The van der Waals surface area contributed by atoms with Crippen molar-refractivity contribution in [2.24, 2.45) is 7.05 Å². The van der Waals surface area contributed by atoms with E-state index in [4.69, 9.17) is 0 Å². The predicted octanol–water partition coefficient (Wildman–Crippen LogP) is 2.16. The van der Waals surface area contributed by atoms with Crippen molar-refractivity contribution in [3.8, 4) is 6.07 Å². The second-order valence-corrected chi connectivity index (χ2v) is 6.22. The quantitative estimate of drug-likeness (QED) is 0.558. The molecule has 0 aliphatic carbocycles. The van der Waals surface area contributed by atoms with Crippen LogP contribution in [-0.2, 0) is 18.4 Å². The monoisotopic (exact) mass is 357 g/mol. The lowest BCUT2D eigenvalue weighted by Crippen LogP contribution is -2.28. The molecule has 0 aliphatic rings. The van der Waals surface area contributed by atoms with Crippen LogP contribution in [0, 0.1) is 11.3 Å². The molecule has 0 bridgehead atoms. The average molecular weight is 357 g/mol. The van der Waals surface area contributed by atoms with Crippen molar-refractivity contribution in [3.63, 3.8) is 0 Å². The molecule has 0 spiro atoms. The summed E-state index contributed by atoms with van der Waals surface area (Å²) in [6.07, 6.45) is 1.19. The molecule has 2 aromatic carbocycles. The largest absolute Gasteiger partial charge is 0.330 e. The Balaban J connectivity index is 1.76. The molecule has 0 radical (unpaired) electrons. The van der Waals surface area contributed by atoms with Gasteiger partial charge in [0.1, 0.15) is 5.82 Å². The van der Waals surface area contributed by atoms with Gasteiger partial charge < -0.3 is 4.57 Å². The summed E-state index contributed by atoms with van der Waals surface area (Å²) in [6, 6.07) is 16.6. The van der Waals surface area contributed by atoms with Crippen molar-refractivity contribution in [2.75, 3.05) is 0 Å². The van der Waals surface area contributed by atoms with Gasteiger partial charge in [-0.2, -0.15) is 5.26 Å². The molecule has 0 N–H and O–H groups in total. The number of carbonyl (C=O) groups is 1. The molecular formula is C20H15N5O2. The molecule has 0 aliphatic heterocycles. The van der Waals surface area contributed by atoms with Crippen LogP contribution in [-0.4, -0.2) is 24.9 Å². The molecular weight excluding hydrogens is 342 g/mol. The summed E-state index contributed by atoms with van der Waals surface area (Å²) in [5.74, 6) is -1.09. The minimum absolute atomic E-state index is 0.219. The van der Waals surface area contributed by atoms with Crippen LogP contribution in [0.5, 0.6) is 0 Å². The molecule has 27 heavy (non-hydrogen) atoms. The number of imidazole rings is 1. The number of hydrogen-bond acceptors (Lipinski definition) is 5. The molecule has 1 atom stereocenters. The number of para-hydroxylation sites is 4. The van der Waals surface area contributed by atoms with Crippen LogP contribution in [0.15, 0.2) is 59.5 Å². The van der Waals surface area contributed by atoms with Crippen LogP contribution < -0.4 is 5.56 Å². The summed E-state index contributed by atoms with van der Waals surface area (Å²) in [5, 5.41) is 9.64. The van der Waals surface area contributed by atoms with E-state index in [2.05, 4.69) is 9.97 Å². The summed E-state index contributed by atoms with van der Waals surface area (Å²) >= 11 is 0. The number of nitrogens with zero attached hydrogens (tertiary/aromatic N) is 5. The number of aromatic nitrogens is 4. The van der Waals surface area contributed by atoms with Gasteiger partial charge in [0.05, 0.1) is 40.9 Å². The number of Topliss-reactive ketones (excluding diaryl/α,β-unsaturated/α-hetero) is 1. The number of benzene rings is 2. The van der Waals surface area contributed by atoms with E-state index in [-0.39, 0.29) is 12.1 Å². The Morgan fingerprint density at radius 2 is 1.78 bits per heavy atom. The van der Waals surface area contributed by atoms with E-state index in [9.17, 15) is 14.9 Å². The first-order valence-corrected chi connectivity index (χ1v) is 8.38. The zero-order valence-corrected chi connectivity index (χ0v) is 14.5. The second kappa shape index (κ2) is 6.50. The molecule has 2 heterocycles. The van der Waals surface area contributed by atoms with Crippen LogP contribution in [0.25, 0.3) is 22.1 Å². The van der Waals surface area contributed by atoms with Gasteiger partial charge >= 0.3 is 0 Å². The number of nitriles is 1. The third-order valence-corrected chi connectivity index (χ3v) is 4.60. The Kier molecular flexibility index (Phi) is 4.01. The number of rotatable bonds is 4. The number of carbonyl (C=O) groups excluding carboxylic acids is 1. The highest BCUT2D eigenvalue weighted by atomic mass is 16.1. The van der Waals surface area contributed by atoms with Crippen LogP contribution >= 0.6 is 0 Å². The van der Waals surface area contributed by atoms with Gasteiger partial charge in [-0.25, -0.2) is 9.97 Å². The standard InChI is InChI=1S/C20H15N5O2/c1-24-16-8-4-3-7-15(16)23-20(24)13(10-21)18(26)12-25-17-9-5-2-6-14(17)22-11-19(25)27/h2-9,11,13H,12H2,1H3. The van der Waals surface area contributed by atoms with E-state index in [0.717, 1.165) is 11.0 Å². The van der Waals surface area contributed by atoms with Crippen molar-refractivity contribution >= 4 is 27.9 Å². The highest BCUT2D eigenvalue weighted by molar-refractivity contribution is 5.90. The topological polar surface area (TPSA) is 93.6 Å². The van der Waals surface area contributed by atoms with Gasteiger partial charge in [0.2, 0.25) is 0 Å². The van der Waals surface area contributed by atoms with Gasteiger partial charge in [-0.05, 0) is 24.3 Å². The minimum Gasteiger partial charge on any atom is -0.330 e. The summed E-state index contributed by atoms with van der Waals surface area (Å²) in [6.45, 7) is -0.219. The first-order chi connectivity index (χ1) is 13.1. The van der Waals surface area contributed by atoms with Gasteiger partial charge in [0.15, 0.2) is 11.7 Å². The molecule has 0 saturated heterocycles. The molecule has 4 rings (SSSR count). The van der Waals surface area contributed by atoms with Crippen molar-refractivity contribution in [1.29, 1.82) is 5.26 Å². The Morgan fingerprint density at radius 1 is 1.11 bits per heavy atom. The maximum Gasteiger partial charge on any atom is 0.269 e. The lowest BCUT2D eigenvalue weighted by molar-refractivity contribution is -0.120. The summed E-state index contributed by atoms with van der Waals surface area (Å²) in [5.41, 5.74) is 2.34. The molecule has 0 saturated carbocycles. The van der Waals surface area contributed by atoms with Crippen LogP contribution in [0.2, 0.25) is 0 Å². The smallest absolute Gasteiger partial charge is 0.269 e. The summed E-state index contributed by atoms with van der Waals surface area (Å²) in [4.78, 5) is 33.7. The molecule has 4 aromatic rings. The van der Waals surface area contributed by atoms with Crippen LogP contribution in [0.4, 0.5) is 0 Å². The van der Waals surface area contributed by atoms with Crippen LogP contribution in [0.1, 0.15) is 11.7 Å². The Labute approximate surface area is 154 Å². The summed E-state index contributed by atoms with van der Waals surface area (Å²) < 4.78 is 3.09. The molecule has 132 valence electrons. The van der Waals surface area contributed by atoms with Crippen molar-refractivity contribution < 1.29 is 4.79 Å². The second-order valence-electron chi connectivity index (χ2n) is 6.22. The van der Waals surface area contributed by atoms with E-state index in [1.807, 2.05) is 36.4 Å². The number of aryl methyl sites for hydroxylation is 1. The molecule has 2 aromatic heterocycles. The van der Waals surface area contributed by atoms with Crippen molar-refractivity contribution in [3.05, 3.63) is 70.9 Å². The van der Waals surface area contributed by atoms with E-state index in [1.165, 1.54) is 10.8 Å². The van der Waals surface area contributed by atoms with E-state index < -0.39 is 11.7 Å². The highest BCUT2D eigenvalue weighted by Gasteiger charge is 2.26. The Bertz CT molecular complexity index is 1280. The predicted molar refractivity (Wildman–Crippen MR) is 100 cm³/mol. The first-order valence-electron chi connectivity index (χ1n) is 8.38. The fraction of sp³-hybridized carbons (Fsp3) is 0.150. The molecule has 1 unspecified atom stereocenters. The highest BCUT2D eigenvalue weighted by Crippen LogP contribution is 2.22. The minimum atomic E-state index is -1.07. The normalized spacial score (nSPS) is 12.1. The zero-order valence-electron chi connectivity index (χ0n) is 14.5. The molecule has 0 amide bonds. The maximum atomic E-state index is 12.9. The van der Waals surface area contributed by atoms with Crippen molar-refractivity contribution in [2.45, 2.75) is 12.5 Å². The van der Waals surface area contributed by atoms with Gasteiger partial charge in [0.25, 0.3) is 5.56 Å². The van der Waals surface area contributed by atoms with Gasteiger partial charge in [-0.3, -0.25) is 14.2 Å². The number of ketones is 1. The first kappa shape index (κ1) is 16.7. The lowest BCUT2D eigenvalue weighted by atomic mass is 10.0. The molecule has 7 heteroatoms. The Hall–Kier alpha value is -3.79. The Morgan fingerprint density at radius 3 is 2.48 bits per heavy atom. The zero-order chi connectivity index (χ0) is 19.0. The summed E-state index contributed by atoms with van der Waals surface area (Å²) in [7, 11) is 1.77. The molecule has 0 fully saturated rings. The average Bonchev–Trinajstić information content (AvgIpc) is 3.01. The third kappa shape index (κ3) is 2.77. The fourth-order valence-corrected chi connectivity index (χ4v) is 3.22. The van der Waals surface area contributed by atoms with E-state index in [1.54, 1.807) is 29.8 Å². The third-order valence-electron chi connectivity index (χ3n) is 4.60. The van der Waals surface area contributed by atoms with Crippen molar-refractivity contribution in [1.82, 2.24) is 19.1 Å². The van der Waals surface area contributed by atoms with Crippen LogP contribution in [0.3, 0.4) is 0 Å².